The fraction of sp³-hybridized carbons (Fsp3) is 0.500. The largest absolute Gasteiger partial charge is 0.419 e. The molecule has 1 amide bonds. The van der Waals surface area contributed by atoms with E-state index in [-0.39, 0.29) is 11.7 Å². The third kappa shape index (κ3) is 3.98. The van der Waals surface area contributed by atoms with Crippen LogP contribution < -0.4 is 11.1 Å². The number of unbranched alkanes of at least 4 members (excludes halogenated alkanes) is 1. The van der Waals surface area contributed by atoms with Crippen molar-refractivity contribution in [1.29, 1.82) is 0 Å². The fourth-order valence-electron chi connectivity index (χ4n) is 2.21. The van der Waals surface area contributed by atoms with E-state index in [2.05, 4.69) is 5.32 Å². The number of fused-ring (bicyclic) bond motifs is 1. The quantitative estimate of drug-likeness (QED) is 0.852. The number of nitrogens with zero attached hydrogens (tertiary/aromatic N) is 2. The van der Waals surface area contributed by atoms with Gasteiger partial charge in [0.25, 0.3) is 0 Å². The summed E-state index contributed by atoms with van der Waals surface area (Å²) in [5.41, 5.74) is 1.93. The highest BCUT2D eigenvalue weighted by Crippen LogP contribution is 2.19. The Morgan fingerprint density at radius 1 is 1.36 bits per heavy atom. The third-order valence-corrected chi connectivity index (χ3v) is 3.48. The highest BCUT2D eigenvalue weighted by Gasteiger charge is 2.11. The van der Waals surface area contributed by atoms with Gasteiger partial charge in [-0.2, -0.15) is 0 Å². The van der Waals surface area contributed by atoms with Gasteiger partial charge in [0.05, 0.1) is 5.52 Å². The van der Waals surface area contributed by atoms with E-state index in [1.165, 1.54) is 0 Å². The minimum absolute atomic E-state index is 0.00752. The third-order valence-electron chi connectivity index (χ3n) is 3.48. The van der Waals surface area contributed by atoms with Crippen LogP contribution in [-0.2, 0) is 11.3 Å². The lowest BCUT2D eigenvalue weighted by atomic mass is 10.2. The van der Waals surface area contributed by atoms with E-state index in [1.54, 1.807) is 22.8 Å². The summed E-state index contributed by atoms with van der Waals surface area (Å²) in [7, 11) is 3.90. The van der Waals surface area contributed by atoms with Crippen LogP contribution in [0.15, 0.2) is 27.4 Å². The zero-order valence-corrected chi connectivity index (χ0v) is 13.4. The maximum atomic E-state index is 11.9. The number of nitrogens with one attached hydrogen (secondary N) is 1. The average molecular weight is 305 g/mol. The van der Waals surface area contributed by atoms with E-state index < -0.39 is 0 Å². The molecule has 0 aliphatic heterocycles. The van der Waals surface area contributed by atoms with Gasteiger partial charge in [-0.15, -0.1) is 0 Å². The average Bonchev–Trinajstić information content (AvgIpc) is 2.78. The molecule has 22 heavy (non-hydrogen) atoms. The van der Waals surface area contributed by atoms with Crippen molar-refractivity contribution < 1.29 is 9.21 Å². The molecule has 2 aromatic rings. The highest BCUT2D eigenvalue weighted by atomic mass is 16.4. The minimum atomic E-state index is -0.369. The molecule has 0 radical (unpaired) electrons. The van der Waals surface area contributed by atoms with Crippen molar-refractivity contribution in [1.82, 2.24) is 9.47 Å². The SMILES string of the molecule is CCCCC(=O)Nc1ccc2oc(=O)n(CCN(C)C)c2c1. The van der Waals surface area contributed by atoms with Crippen LogP contribution in [0, 0.1) is 0 Å². The van der Waals surface area contributed by atoms with Gasteiger partial charge in [0.2, 0.25) is 5.91 Å². The van der Waals surface area contributed by atoms with Gasteiger partial charge in [-0.05, 0) is 38.7 Å². The first-order valence-electron chi connectivity index (χ1n) is 7.59. The van der Waals surface area contributed by atoms with Crippen molar-refractivity contribution in [3.05, 3.63) is 28.7 Å². The van der Waals surface area contributed by atoms with Gasteiger partial charge in [0.1, 0.15) is 0 Å². The van der Waals surface area contributed by atoms with E-state index in [0.717, 1.165) is 19.4 Å². The summed E-state index contributed by atoms with van der Waals surface area (Å²) in [5, 5.41) is 2.86. The Morgan fingerprint density at radius 2 is 2.14 bits per heavy atom. The summed E-state index contributed by atoms with van der Waals surface area (Å²) in [6.45, 7) is 3.34. The molecule has 0 unspecified atom stereocenters. The molecule has 0 saturated heterocycles. The number of aromatic nitrogens is 1. The number of amides is 1. The van der Waals surface area contributed by atoms with Crippen molar-refractivity contribution >= 4 is 22.7 Å². The van der Waals surface area contributed by atoms with Crippen LogP contribution in [0.25, 0.3) is 11.1 Å². The van der Waals surface area contributed by atoms with E-state index in [1.807, 2.05) is 25.9 Å². The molecule has 0 aliphatic rings. The lowest BCUT2D eigenvalue weighted by molar-refractivity contribution is -0.116. The number of benzene rings is 1. The van der Waals surface area contributed by atoms with Gasteiger partial charge in [0, 0.05) is 25.2 Å². The second-order valence-electron chi connectivity index (χ2n) is 5.66. The predicted molar refractivity (Wildman–Crippen MR) is 87.2 cm³/mol. The number of hydrogen-bond acceptors (Lipinski definition) is 4. The molecule has 120 valence electrons. The smallest absolute Gasteiger partial charge is 0.408 e. The first-order chi connectivity index (χ1) is 10.5. The first kappa shape index (κ1) is 16.3. The second kappa shape index (κ2) is 7.26. The van der Waals surface area contributed by atoms with Gasteiger partial charge in [-0.1, -0.05) is 13.3 Å². The molecule has 0 fully saturated rings. The summed E-state index contributed by atoms with van der Waals surface area (Å²) in [6.07, 6.45) is 2.36. The Bertz CT molecular complexity index is 700. The molecule has 1 aromatic heterocycles. The number of hydrogen-bond donors (Lipinski definition) is 1. The van der Waals surface area contributed by atoms with E-state index in [9.17, 15) is 9.59 Å². The Kier molecular flexibility index (Phi) is 5.38. The topological polar surface area (TPSA) is 67.5 Å². The normalized spacial score (nSPS) is 11.3. The van der Waals surface area contributed by atoms with Crippen molar-refractivity contribution in [3.8, 4) is 0 Å². The van der Waals surface area contributed by atoms with Crippen LogP contribution in [0.5, 0.6) is 0 Å². The predicted octanol–water partition coefficient (Wildman–Crippen LogP) is 2.28. The van der Waals surface area contributed by atoms with Crippen molar-refractivity contribution in [2.75, 3.05) is 26.0 Å². The Morgan fingerprint density at radius 3 is 2.82 bits per heavy atom. The molecule has 0 bridgehead atoms. The second-order valence-corrected chi connectivity index (χ2v) is 5.66. The van der Waals surface area contributed by atoms with Crippen molar-refractivity contribution in [3.63, 3.8) is 0 Å². The lowest BCUT2D eigenvalue weighted by Gasteiger charge is -2.10. The zero-order chi connectivity index (χ0) is 16.1. The maximum Gasteiger partial charge on any atom is 0.419 e. The molecule has 1 heterocycles. The molecule has 1 aromatic carbocycles. The number of likely N-dealkylation sites (N-methyl/N-ethyl adjacent to an activating group) is 1. The standard InChI is InChI=1S/C16H23N3O3/c1-4-5-6-15(20)17-12-7-8-14-13(11-12)19(16(21)22-14)10-9-18(2)3/h7-8,11H,4-6,9-10H2,1-3H3,(H,17,20). The van der Waals surface area contributed by atoms with Crippen LogP contribution in [0.1, 0.15) is 26.2 Å². The molecule has 0 atom stereocenters. The summed E-state index contributed by atoms with van der Waals surface area (Å²) in [6, 6.07) is 5.27. The highest BCUT2D eigenvalue weighted by molar-refractivity contribution is 5.92. The molecule has 0 saturated carbocycles. The summed E-state index contributed by atoms with van der Waals surface area (Å²) >= 11 is 0. The van der Waals surface area contributed by atoms with Gasteiger partial charge in [-0.3, -0.25) is 9.36 Å². The van der Waals surface area contributed by atoms with Crippen LogP contribution in [-0.4, -0.2) is 36.0 Å². The molecular weight excluding hydrogens is 282 g/mol. The fourth-order valence-corrected chi connectivity index (χ4v) is 2.21. The van der Waals surface area contributed by atoms with E-state index in [4.69, 9.17) is 4.42 Å². The van der Waals surface area contributed by atoms with E-state index in [0.29, 0.717) is 29.8 Å². The number of carbonyl (C=O) groups is 1. The zero-order valence-electron chi connectivity index (χ0n) is 13.4. The van der Waals surface area contributed by atoms with E-state index >= 15 is 0 Å². The molecule has 1 N–H and O–H groups in total. The maximum absolute atomic E-state index is 11.9. The van der Waals surface area contributed by atoms with Gasteiger partial charge >= 0.3 is 5.76 Å². The van der Waals surface area contributed by atoms with Gasteiger partial charge in [0.15, 0.2) is 5.58 Å². The summed E-state index contributed by atoms with van der Waals surface area (Å²) < 4.78 is 6.83. The molecule has 0 aliphatic carbocycles. The van der Waals surface area contributed by atoms with Gasteiger partial charge in [-0.25, -0.2) is 4.79 Å². The van der Waals surface area contributed by atoms with Gasteiger partial charge < -0.3 is 14.6 Å². The minimum Gasteiger partial charge on any atom is -0.408 e. The number of carbonyl (C=O) groups excluding carboxylic acids is 1. The first-order valence-corrected chi connectivity index (χ1v) is 7.59. The number of rotatable bonds is 7. The Balaban J connectivity index is 2.22. The van der Waals surface area contributed by atoms with Crippen molar-refractivity contribution in [2.45, 2.75) is 32.7 Å². The summed E-state index contributed by atoms with van der Waals surface area (Å²) in [4.78, 5) is 25.7. The lowest BCUT2D eigenvalue weighted by Crippen LogP contribution is -2.23. The number of oxazole rings is 1. The molecule has 0 spiro atoms. The van der Waals surface area contributed by atoms with Crippen LogP contribution in [0.2, 0.25) is 0 Å². The Labute approximate surface area is 129 Å². The Hall–Kier alpha value is -2.08. The molecule has 6 heteroatoms. The van der Waals surface area contributed by atoms with Crippen LogP contribution in [0.4, 0.5) is 5.69 Å². The molecule has 2 rings (SSSR count). The molecule has 6 nitrogen and oxygen atoms in total. The molecular formula is C16H23N3O3. The van der Waals surface area contributed by atoms with Crippen LogP contribution >= 0.6 is 0 Å². The number of anilines is 1. The van der Waals surface area contributed by atoms with Crippen molar-refractivity contribution in [2.24, 2.45) is 0 Å². The monoisotopic (exact) mass is 305 g/mol. The summed E-state index contributed by atoms with van der Waals surface area (Å²) in [5.74, 6) is -0.377. The van der Waals surface area contributed by atoms with Crippen LogP contribution in [0.3, 0.4) is 0 Å².